The van der Waals surface area contributed by atoms with Gasteiger partial charge in [0.1, 0.15) is 0 Å². The van der Waals surface area contributed by atoms with Crippen molar-refractivity contribution < 1.29 is 23.6 Å². The Balaban J connectivity index is 1.76. The SMILES string of the molecule is COc1ccc(C2=NN(C(=O)c3ccc(Br)o3)[C@@H](c3cccc([N+](=O)[O-])c3)C2)cc1OC. The summed E-state index contributed by atoms with van der Waals surface area (Å²) in [7, 11) is 3.08. The molecule has 1 aromatic heterocycles. The summed E-state index contributed by atoms with van der Waals surface area (Å²) < 4.78 is 16.5. The lowest BCUT2D eigenvalue weighted by Crippen LogP contribution is -2.26. The topological polar surface area (TPSA) is 107 Å². The first-order valence-corrected chi connectivity index (χ1v) is 10.3. The average molecular weight is 500 g/mol. The normalized spacial score (nSPS) is 15.4. The van der Waals surface area contributed by atoms with Gasteiger partial charge in [-0.3, -0.25) is 14.9 Å². The number of furan rings is 1. The summed E-state index contributed by atoms with van der Waals surface area (Å²) in [5, 5.41) is 17.1. The number of amides is 1. The maximum absolute atomic E-state index is 13.2. The summed E-state index contributed by atoms with van der Waals surface area (Å²) in [4.78, 5) is 24.0. The number of hydrazone groups is 1. The van der Waals surface area contributed by atoms with Gasteiger partial charge in [-0.05, 0) is 51.8 Å². The Morgan fingerprint density at radius 3 is 2.59 bits per heavy atom. The number of nitro groups is 1. The van der Waals surface area contributed by atoms with E-state index in [1.54, 1.807) is 43.5 Å². The van der Waals surface area contributed by atoms with Crippen molar-refractivity contribution in [2.45, 2.75) is 12.5 Å². The van der Waals surface area contributed by atoms with Gasteiger partial charge >= 0.3 is 5.91 Å². The summed E-state index contributed by atoms with van der Waals surface area (Å²) in [5.41, 5.74) is 1.91. The Bertz CT molecular complexity index is 1220. The van der Waals surface area contributed by atoms with Crippen LogP contribution in [-0.2, 0) is 0 Å². The van der Waals surface area contributed by atoms with E-state index >= 15 is 0 Å². The molecule has 1 aliphatic rings. The molecule has 0 saturated heterocycles. The van der Waals surface area contributed by atoms with E-state index < -0.39 is 16.9 Å². The Hall–Kier alpha value is -3.66. The second-order valence-corrected chi connectivity index (χ2v) is 7.72. The zero-order valence-electron chi connectivity index (χ0n) is 17.1. The first-order valence-electron chi connectivity index (χ1n) is 9.54. The number of benzene rings is 2. The fourth-order valence-electron chi connectivity index (χ4n) is 3.54. The average Bonchev–Trinajstić information content (AvgIpc) is 3.45. The van der Waals surface area contributed by atoms with Gasteiger partial charge in [0, 0.05) is 24.1 Å². The number of halogens is 1. The van der Waals surface area contributed by atoms with Gasteiger partial charge in [0.2, 0.25) is 0 Å². The van der Waals surface area contributed by atoms with Gasteiger partial charge < -0.3 is 13.9 Å². The first kappa shape index (κ1) is 21.6. The third-order valence-electron chi connectivity index (χ3n) is 5.08. The van der Waals surface area contributed by atoms with Crippen molar-refractivity contribution in [3.63, 3.8) is 0 Å². The molecule has 0 aliphatic carbocycles. The van der Waals surface area contributed by atoms with E-state index in [-0.39, 0.29) is 11.4 Å². The highest BCUT2D eigenvalue weighted by Crippen LogP contribution is 2.37. The van der Waals surface area contributed by atoms with Crippen molar-refractivity contribution in [1.82, 2.24) is 5.01 Å². The molecule has 0 fully saturated rings. The molecule has 0 unspecified atom stereocenters. The molecule has 0 spiro atoms. The summed E-state index contributed by atoms with van der Waals surface area (Å²) in [6, 6.07) is 14.2. The number of hydrogen-bond donors (Lipinski definition) is 0. The number of nitro benzene ring substituents is 1. The predicted octanol–water partition coefficient (Wildman–Crippen LogP) is 4.96. The van der Waals surface area contributed by atoms with Crippen molar-refractivity contribution in [3.05, 3.63) is 86.3 Å². The van der Waals surface area contributed by atoms with E-state index in [4.69, 9.17) is 13.9 Å². The smallest absolute Gasteiger partial charge is 0.310 e. The number of nitrogens with zero attached hydrogens (tertiary/aromatic N) is 3. The number of methoxy groups -OCH3 is 2. The van der Waals surface area contributed by atoms with Crippen molar-refractivity contribution in [2.24, 2.45) is 5.10 Å². The number of carbonyl (C=O) groups is 1. The van der Waals surface area contributed by atoms with Crippen LogP contribution in [0.2, 0.25) is 0 Å². The van der Waals surface area contributed by atoms with Crippen LogP contribution in [0.15, 0.2) is 68.8 Å². The van der Waals surface area contributed by atoms with Gasteiger partial charge in [0.05, 0.1) is 30.9 Å². The van der Waals surface area contributed by atoms with E-state index in [9.17, 15) is 14.9 Å². The Kier molecular flexibility index (Phi) is 5.95. The minimum atomic E-state index is -0.547. The molecule has 32 heavy (non-hydrogen) atoms. The number of ether oxygens (including phenoxy) is 2. The molecule has 3 aromatic rings. The molecule has 1 aliphatic heterocycles. The highest BCUT2D eigenvalue weighted by molar-refractivity contribution is 9.10. The molecule has 0 saturated carbocycles. The van der Waals surface area contributed by atoms with E-state index in [1.807, 2.05) is 6.07 Å². The van der Waals surface area contributed by atoms with Crippen LogP contribution < -0.4 is 9.47 Å². The molecule has 0 bridgehead atoms. The molecular formula is C22H18BrN3O6. The molecule has 2 heterocycles. The summed E-state index contributed by atoms with van der Waals surface area (Å²) in [6.07, 6.45) is 0.351. The third kappa shape index (κ3) is 4.09. The van der Waals surface area contributed by atoms with Crippen LogP contribution in [0.3, 0.4) is 0 Å². The van der Waals surface area contributed by atoms with Crippen molar-refractivity contribution in [1.29, 1.82) is 0 Å². The molecule has 164 valence electrons. The Morgan fingerprint density at radius 1 is 1.16 bits per heavy atom. The highest BCUT2D eigenvalue weighted by Gasteiger charge is 2.35. The Morgan fingerprint density at radius 2 is 1.94 bits per heavy atom. The van der Waals surface area contributed by atoms with Crippen molar-refractivity contribution in [3.8, 4) is 11.5 Å². The maximum Gasteiger partial charge on any atom is 0.310 e. The van der Waals surface area contributed by atoms with Gasteiger partial charge in [-0.15, -0.1) is 0 Å². The van der Waals surface area contributed by atoms with E-state index in [0.29, 0.717) is 33.9 Å². The van der Waals surface area contributed by atoms with Crippen LogP contribution in [0.4, 0.5) is 5.69 Å². The van der Waals surface area contributed by atoms with Crippen molar-refractivity contribution >= 4 is 33.2 Å². The zero-order chi connectivity index (χ0) is 22.8. The van der Waals surface area contributed by atoms with E-state index in [1.165, 1.54) is 24.3 Å². The third-order valence-corrected chi connectivity index (χ3v) is 5.51. The summed E-state index contributed by atoms with van der Waals surface area (Å²) in [5.74, 6) is 0.741. The first-order chi connectivity index (χ1) is 15.4. The maximum atomic E-state index is 13.2. The van der Waals surface area contributed by atoms with Crippen LogP contribution in [0.1, 0.15) is 34.1 Å². The lowest BCUT2D eigenvalue weighted by atomic mass is 9.97. The molecule has 1 amide bonds. The number of rotatable bonds is 6. The zero-order valence-corrected chi connectivity index (χ0v) is 18.7. The second kappa shape index (κ2) is 8.83. The number of non-ortho nitro benzene ring substituents is 1. The molecule has 0 radical (unpaired) electrons. The monoisotopic (exact) mass is 499 g/mol. The minimum absolute atomic E-state index is 0.0600. The lowest BCUT2D eigenvalue weighted by molar-refractivity contribution is -0.384. The van der Waals surface area contributed by atoms with Crippen LogP contribution in [-0.4, -0.2) is 35.8 Å². The van der Waals surface area contributed by atoms with Gasteiger partial charge in [0.25, 0.3) is 5.69 Å². The molecule has 2 aromatic carbocycles. The van der Waals surface area contributed by atoms with Crippen molar-refractivity contribution in [2.75, 3.05) is 14.2 Å². The summed E-state index contributed by atoms with van der Waals surface area (Å²) in [6.45, 7) is 0. The van der Waals surface area contributed by atoms with Gasteiger partial charge in [-0.1, -0.05) is 12.1 Å². The van der Waals surface area contributed by atoms with Crippen LogP contribution in [0.25, 0.3) is 0 Å². The summed E-state index contributed by atoms with van der Waals surface area (Å²) >= 11 is 3.20. The largest absolute Gasteiger partial charge is 0.493 e. The molecular weight excluding hydrogens is 482 g/mol. The molecule has 1 atom stereocenters. The second-order valence-electron chi connectivity index (χ2n) is 6.94. The molecule has 9 nitrogen and oxygen atoms in total. The number of hydrogen-bond acceptors (Lipinski definition) is 7. The van der Waals surface area contributed by atoms with E-state index in [0.717, 1.165) is 5.56 Å². The minimum Gasteiger partial charge on any atom is -0.493 e. The van der Waals surface area contributed by atoms with Gasteiger partial charge in [0.15, 0.2) is 21.9 Å². The standard InChI is InChI=1S/C22H18BrN3O6/c1-30-18-7-6-13(11-20(18)31-2)16-12-17(14-4-3-5-15(10-14)26(28)29)25(24-16)22(27)19-8-9-21(23)32-19/h3-11,17H,12H2,1-2H3/t17-/m1/s1. The molecule has 10 heteroatoms. The number of carbonyl (C=O) groups excluding carboxylic acids is 1. The fraction of sp³-hybridized carbons (Fsp3) is 0.182. The molecule has 0 N–H and O–H groups in total. The quantitative estimate of drug-likeness (QED) is 0.350. The van der Waals surface area contributed by atoms with Gasteiger partial charge in [-0.2, -0.15) is 5.10 Å². The van der Waals surface area contributed by atoms with E-state index in [2.05, 4.69) is 21.0 Å². The van der Waals surface area contributed by atoms with Crippen LogP contribution >= 0.6 is 15.9 Å². The van der Waals surface area contributed by atoms with Crippen LogP contribution in [0.5, 0.6) is 11.5 Å². The van der Waals surface area contributed by atoms with Crippen LogP contribution in [0, 0.1) is 10.1 Å². The fourth-order valence-corrected chi connectivity index (χ4v) is 3.84. The molecule has 4 rings (SSSR count). The lowest BCUT2D eigenvalue weighted by Gasteiger charge is -2.21. The highest BCUT2D eigenvalue weighted by atomic mass is 79.9. The van der Waals surface area contributed by atoms with Gasteiger partial charge in [-0.25, -0.2) is 5.01 Å². The Labute approximate surface area is 191 Å². The predicted molar refractivity (Wildman–Crippen MR) is 119 cm³/mol.